The van der Waals surface area contributed by atoms with Gasteiger partial charge in [-0.1, -0.05) is 9.97 Å². The molecule has 0 fully saturated rings. The third-order valence-electron chi connectivity index (χ3n) is 1.72. The molecule has 1 heterocycles. The minimum Gasteiger partial charge on any atom is -0.508 e. The molecule has 2 aromatic rings. The monoisotopic (exact) mass is 191 g/mol. The van der Waals surface area contributed by atoms with E-state index in [1.54, 1.807) is 6.07 Å². The van der Waals surface area contributed by atoms with E-state index in [-0.39, 0.29) is 5.75 Å². The number of aromatic hydroxyl groups is 1. The molecule has 0 spiro atoms. The van der Waals surface area contributed by atoms with Crippen LogP contribution < -0.4 is 0 Å². The number of fused-ring (bicyclic) bond motifs is 1. The number of nitro groups is 1. The first-order valence-corrected chi connectivity index (χ1v) is 3.77. The predicted octanol–water partition coefficient (Wildman–Crippen LogP) is 1.24. The van der Waals surface area contributed by atoms with Crippen LogP contribution in [0.3, 0.4) is 0 Å². The number of nitrogens with zero attached hydrogens (tertiary/aromatic N) is 3. The molecule has 1 aromatic carbocycles. The highest BCUT2D eigenvalue weighted by molar-refractivity contribution is 5.79. The average molecular weight is 191 g/mol. The Kier molecular flexibility index (Phi) is 1.74. The molecule has 0 radical (unpaired) electrons. The maximum Gasteiger partial charge on any atom is 0.469 e. The van der Waals surface area contributed by atoms with Gasteiger partial charge in [0.15, 0.2) is 5.52 Å². The zero-order chi connectivity index (χ0) is 10.1. The molecule has 0 aliphatic rings. The molecular weight excluding hydrogens is 186 g/mol. The summed E-state index contributed by atoms with van der Waals surface area (Å²) in [6, 6.07) is 4.41. The lowest BCUT2D eigenvalue weighted by molar-refractivity contribution is -0.394. The first kappa shape index (κ1) is 8.36. The van der Waals surface area contributed by atoms with Crippen LogP contribution in [-0.4, -0.2) is 20.0 Å². The van der Waals surface area contributed by atoms with Gasteiger partial charge in [-0.3, -0.25) is 0 Å². The number of rotatable bonds is 1. The van der Waals surface area contributed by atoms with Gasteiger partial charge >= 0.3 is 5.95 Å². The van der Waals surface area contributed by atoms with E-state index in [0.717, 1.165) is 0 Å². The molecule has 6 heteroatoms. The maximum atomic E-state index is 10.3. The number of hydrogen-bond donors (Lipinski definition) is 1. The molecule has 14 heavy (non-hydrogen) atoms. The fourth-order valence-electron chi connectivity index (χ4n) is 1.09. The van der Waals surface area contributed by atoms with Crippen LogP contribution in [0, 0.1) is 10.1 Å². The minimum absolute atomic E-state index is 0.0190. The Morgan fingerprint density at radius 3 is 2.93 bits per heavy atom. The lowest BCUT2D eigenvalue weighted by Gasteiger charge is -1.94. The summed E-state index contributed by atoms with van der Waals surface area (Å²) in [5.74, 6) is -0.450. The molecule has 0 atom stereocenters. The lowest BCUT2D eigenvalue weighted by atomic mass is 10.2. The van der Waals surface area contributed by atoms with Crippen molar-refractivity contribution in [1.29, 1.82) is 0 Å². The SMILES string of the molecule is O=[N+]([O-])c1ncc2ccc(O)cc2n1. The highest BCUT2D eigenvalue weighted by atomic mass is 16.6. The highest BCUT2D eigenvalue weighted by Gasteiger charge is 2.10. The Balaban J connectivity index is 2.69. The zero-order valence-corrected chi connectivity index (χ0v) is 6.91. The molecule has 0 unspecified atom stereocenters. The van der Waals surface area contributed by atoms with Gasteiger partial charge in [0.2, 0.25) is 0 Å². The molecule has 0 aliphatic carbocycles. The van der Waals surface area contributed by atoms with Gasteiger partial charge in [0.1, 0.15) is 11.9 Å². The number of phenols is 1. The van der Waals surface area contributed by atoms with Crippen molar-refractivity contribution in [3.05, 3.63) is 34.5 Å². The van der Waals surface area contributed by atoms with E-state index in [0.29, 0.717) is 10.9 Å². The van der Waals surface area contributed by atoms with Crippen molar-refractivity contribution in [3.63, 3.8) is 0 Å². The Labute approximate surface area is 78.0 Å². The molecule has 0 saturated heterocycles. The van der Waals surface area contributed by atoms with E-state index in [2.05, 4.69) is 9.97 Å². The highest BCUT2D eigenvalue weighted by Crippen LogP contribution is 2.18. The summed E-state index contributed by atoms with van der Waals surface area (Å²) >= 11 is 0. The van der Waals surface area contributed by atoms with E-state index in [1.807, 2.05) is 0 Å². The van der Waals surface area contributed by atoms with E-state index in [1.165, 1.54) is 18.3 Å². The third-order valence-corrected chi connectivity index (χ3v) is 1.72. The van der Waals surface area contributed by atoms with Crippen molar-refractivity contribution in [2.24, 2.45) is 0 Å². The Hall–Kier alpha value is -2.24. The fourth-order valence-corrected chi connectivity index (χ4v) is 1.09. The smallest absolute Gasteiger partial charge is 0.469 e. The zero-order valence-electron chi connectivity index (χ0n) is 6.91. The van der Waals surface area contributed by atoms with Crippen LogP contribution in [0.2, 0.25) is 0 Å². The number of phenolic OH excluding ortho intramolecular Hbond substituents is 1. The molecular formula is C8H5N3O3. The number of aromatic nitrogens is 2. The van der Waals surface area contributed by atoms with Gasteiger partial charge in [-0.15, -0.1) is 0 Å². The second kappa shape index (κ2) is 2.91. The summed E-state index contributed by atoms with van der Waals surface area (Å²) in [5.41, 5.74) is 0.353. The standard InChI is InChI=1S/C8H5N3O3/c12-6-2-1-5-4-9-8(11(13)14)10-7(5)3-6/h1-4,12H. The van der Waals surface area contributed by atoms with Crippen molar-refractivity contribution >= 4 is 16.9 Å². The number of benzene rings is 1. The quantitative estimate of drug-likeness (QED) is 0.541. The molecule has 6 nitrogen and oxygen atoms in total. The van der Waals surface area contributed by atoms with Crippen LogP contribution in [0.25, 0.3) is 10.9 Å². The van der Waals surface area contributed by atoms with E-state index in [4.69, 9.17) is 5.11 Å². The second-order valence-electron chi connectivity index (χ2n) is 2.67. The van der Waals surface area contributed by atoms with Gasteiger partial charge < -0.3 is 15.2 Å². The molecule has 0 bridgehead atoms. The lowest BCUT2D eigenvalue weighted by Crippen LogP contribution is -1.95. The molecule has 70 valence electrons. The van der Waals surface area contributed by atoms with E-state index in [9.17, 15) is 10.1 Å². The molecule has 1 N–H and O–H groups in total. The van der Waals surface area contributed by atoms with Crippen LogP contribution in [0.4, 0.5) is 5.95 Å². The van der Waals surface area contributed by atoms with Crippen LogP contribution in [0.1, 0.15) is 0 Å². The summed E-state index contributed by atoms with van der Waals surface area (Å²) in [7, 11) is 0. The Bertz CT molecular complexity index is 512. The normalized spacial score (nSPS) is 10.3. The first-order valence-electron chi connectivity index (χ1n) is 3.77. The molecule has 1 aromatic heterocycles. The van der Waals surface area contributed by atoms with Gasteiger partial charge in [0, 0.05) is 6.07 Å². The van der Waals surface area contributed by atoms with Gasteiger partial charge in [-0.2, -0.15) is 0 Å². The van der Waals surface area contributed by atoms with Crippen molar-refractivity contribution in [3.8, 4) is 5.75 Å². The summed E-state index contributed by atoms with van der Waals surface area (Å²) in [6.07, 6.45) is 1.35. The van der Waals surface area contributed by atoms with Gasteiger partial charge in [0.25, 0.3) is 0 Å². The topological polar surface area (TPSA) is 89.2 Å². The number of hydrogen-bond acceptors (Lipinski definition) is 5. The van der Waals surface area contributed by atoms with Crippen LogP contribution >= 0.6 is 0 Å². The third kappa shape index (κ3) is 1.33. The van der Waals surface area contributed by atoms with Gasteiger partial charge in [-0.25, -0.2) is 0 Å². The first-order chi connectivity index (χ1) is 6.66. The molecule has 0 amide bonds. The van der Waals surface area contributed by atoms with E-state index >= 15 is 0 Å². The second-order valence-corrected chi connectivity index (χ2v) is 2.67. The van der Waals surface area contributed by atoms with Gasteiger partial charge in [-0.05, 0) is 17.1 Å². The minimum atomic E-state index is -0.677. The average Bonchev–Trinajstić information content (AvgIpc) is 2.16. The molecule has 0 aliphatic heterocycles. The molecule has 0 saturated carbocycles. The van der Waals surface area contributed by atoms with Gasteiger partial charge in [0.05, 0.1) is 5.39 Å². The van der Waals surface area contributed by atoms with E-state index < -0.39 is 10.9 Å². The van der Waals surface area contributed by atoms with Crippen molar-refractivity contribution in [2.45, 2.75) is 0 Å². The summed E-state index contributed by atoms with van der Waals surface area (Å²) in [6.45, 7) is 0. The van der Waals surface area contributed by atoms with Crippen LogP contribution in [0.5, 0.6) is 5.75 Å². The van der Waals surface area contributed by atoms with Crippen molar-refractivity contribution in [2.75, 3.05) is 0 Å². The summed E-state index contributed by atoms with van der Waals surface area (Å²) < 4.78 is 0. The summed E-state index contributed by atoms with van der Waals surface area (Å²) in [5, 5.41) is 20.1. The van der Waals surface area contributed by atoms with Crippen molar-refractivity contribution < 1.29 is 10.0 Å². The van der Waals surface area contributed by atoms with Crippen LogP contribution in [-0.2, 0) is 0 Å². The van der Waals surface area contributed by atoms with Crippen molar-refractivity contribution in [1.82, 2.24) is 9.97 Å². The molecule has 2 rings (SSSR count). The fraction of sp³-hybridized carbons (Fsp3) is 0. The Morgan fingerprint density at radius 1 is 1.43 bits per heavy atom. The predicted molar refractivity (Wildman–Crippen MR) is 47.9 cm³/mol. The Morgan fingerprint density at radius 2 is 2.21 bits per heavy atom. The maximum absolute atomic E-state index is 10.3. The summed E-state index contributed by atoms with van der Waals surface area (Å²) in [4.78, 5) is 16.9. The largest absolute Gasteiger partial charge is 0.508 e. The van der Waals surface area contributed by atoms with Crippen LogP contribution in [0.15, 0.2) is 24.4 Å².